The fourth-order valence-corrected chi connectivity index (χ4v) is 2.29. The largest absolute Gasteiger partial charge is 0.338 e. The van der Waals surface area contributed by atoms with E-state index in [-0.39, 0.29) is 6.04 Å². The number of nitrogens with two attached hydrogens (primary N) is 1. The minimum absolute atomic E-state index is 0.174. The molecule has 0 radical (unpaired) electrons. The van der Waals surface area contributed by atoms with Gasteiger partial charge in [0.1, 0.15) is 0 Å². The number of rotatable bonds is 4. The average molecular weight is 238 g/mol. The standard InChI is InChI=1S/C12H22N4O/c1-8(2)16-5-4-10(7-16)6-11-14-12(9(3)13)17-15-11/h8-10H,4-7,13H2,1-3H3. The molecule has 2 unspecified atom stereocenters. The summed E-state index contributed by atoms with van der Waals surface area (Å²) >= 11 is 0. The molecular formula is C12H22N4O. The summed E-state index contributed by atoms with van der Waals surface area (Å²) in [6.45, 7) is 8.66. The van der Waals surface area contributed by atoms with Crippen molar-refractivity contribution in [1.82, 2.24) is 15.0 Å². The molecule has 0 bridgehead atoms. The molecular weight excluding hydrogens is 216 g/mol. The molecule has 2 heterocycles. The van der Waals surface area contributed by atoms with E-state index >= 15 is 0 Å². The normalized spacial score (nSPS) is 23.5. The maximum Gasteiger partial charge on any atom is 0.243 e. The van der Waals surface area contributed by atoms with Crippen LogP contribution >= 0.6 is 0 Å². The minimum atomic E-state index is -0.174. The van der Waals surface area contributed by atoms with E-state index in [0.29, 0.717) is 17.9 Å². The van der Waals surface area contributed by atoms with Crippen LogP contribution in [0.25, 0.3) is 0 Å². The predicted octanol–water partition coefficient (Wildman–Crippen LogP) is 1.36. The quantitative estimate of drug-likeness (QED) is 0.858. The Hall–Kier alpha value is -0.940. The van der Waals surface area contributed by atoms with Crippen LogP contribution in [0.3, 0.4) is 0 Å². The molecule has 0 saturated carbocycles. The molecule has 96 valence electrons. The highest BCUT2D eigenvalue weighted by Gasteiger charge is 2.25. The van der Waals surface area contributed by atoms with Crippen molar-refractivity contribution in [2.24, 2.45) is 11.7 Å². The molecule has 1 aromatic heterocycles. The van der Waals surface area contributed by atoms with E-state index in [0.717, 1.165) is 18.8 Å². The lowest BCUT2D eigenvalue weighted by molar-refractivity contribution is 0.264. The fourth-order valence-electron chi connectivity index (χ4n) is 2.29. The first-order chi connectivity index (χ1) is 8.06. The molecule has 5 nitrogen and oxygen atoms in total. The number of hydrogen-bond donors (Lipinski definition) is 1. The first-order valence-electron chi connectivity index (χ1n) is 6.38. The molecule has 2 atom stereocenters. The summed E-state index contributed by atoms with van der Waals surface area (Å²) < 4.78 is 5.11. The Balaban J connectivity index is 1.89. The van der Waals surface area contributed by atoms with Gasteiger partial charge in [0.05, 0.1) is 6.04 Å². The molecule has 1 fully saturated rings. The van der Waals surface area contributed by atoms with Crippen molar-refractivity contribution in [2.45, 2.75) is 45.7 Å². The average Bonchev–Trinajstić information content (AvgIpc) is 2.87. The Morgan fingerprint density at radius 3 is 2.76 bits per heavy atom. The second kappa shape index (κ2) is 5.14. The van der Waals surface area contributed by atoms with Crippen LogP contribution in [0.2, 0.25) is 0 Å². The molecule has 5 heteroatoms. The van der Waals surface area contributed by atoms with Gasteiger partial charge in [-0.2, -0.15) is 4.98 Å². The van der Waals surface area contributed by atoms with Gasteiger partial charge >= 0.3 is 0 Å². The van der Waals surface area contributed by atoms with Crippen LogP contribution < -0.4 is 5.73 Å². The molecule has 1 saturated heterocycles. The lowest BCUT2D eigenvalue weighted by Gasteiger charge is -2.19. The predicted molar refractivity (Wildman–Crippen MR) is 65.4 cm³/mol. The van der Waals surface area contributed by atoms with E-state index < -0.39 is 0 Å². The zero-order valence-electron chi connectivity index (χ0n) is 10.9. The fraction of sp³-hybridized carbons (Fsp3) is 0.833. The number of aromatic nitrogens is 2. The van der Waals surface area contributed by atoms with Gasteiger partial charge in [-0.1, -0.05) is 5.16 Å². The summed E-state index contributed by atoms with van der Waals surface area (Å²) in [5.74, 6) is 1.99. The molecule has 1 aliphatic rings. The van der Waals surface area contributed by atoms with E-state index in [4.69, 9.17) is 10.3 Å². The molecule has 1 aliphatic heterocycles. The molecule has 0 aliphatic carbocycles. The lowest BCUT2D eigenvalue weighted by Crippen LogP contribution is -2.28. The summed E-state index contributed by atoms with van der Waals surface area (Å²) in [5, 5.41) is 3.99. The van der Waals surface area contributed by atoms with Gasteiger partial charge in [-0.05, 0) is 39.7 Å². The Kier molecular flexibility index (Phi) is 3.79. The molecule has 2 N–H and O–H groups in total. The number of hydrogen-bond acceptors (Lipinski definition) is 5. The van der Waals surface area contributed by atoms with Crippen LogP contribution in [0.4, 0.5) is 0 Å². The maximum atomic E-state index is 5.69. The van der Waals surface area contributed by atoms with Gasteiger partial charge in [-0.15, -0.1) is 0 Å². The van der Waals surface area contributed by atoms with Crippen molar-refractivity contribution in [1.29, 1.82) is 0 Å². The summed E-state index contributed by atoms with van der Waals surface area (Å²) in [6.07, 6.45) is 2.12. The van der Waals surface area contributed by atoms with Crippen LogP contribution in [0.5, 0.6) is 0 Å². The number of nitrogens with zero attached hydrogens (tertiary/aromatic N) is 3. The van der Waals surface area contributed by atoms with Crippen LogP contribution in [-0.2, 0) is 6.42 Å². The molecule has 17 heavy (non-hydrogen) atoms. The Morgan fingerprint density at radius 2 is 2.24 bits per heavy atom. The number of likely N-dealkylation sites (tertiary alicyclic amines) is 1. The SMILES string of the molecule is CC(N)c1nc(CC2CCN(C(C)C)C2)no1. The second-order valence-corrected chi connectivity index (χ2v) is 5.29. The van der Waals surface area contributed by atoms with E-state index in [1.807, 2.05) is 6.92 Å². The van der Waals surface area contributed by atoms with E-state index in [1.54, 1.807) is 0 Å². The Bertz CT molecular complexity index is 361. The van der Waals surface area contributed by atoms with E-state index in [9.17, 15) is 0 Å². The summed E-state index contributed by atoms with van der Waals surface area (Å²) in [4.78, 5) is 6.82. The molecule has 0 spiro atoms. The van der Waals surface area contributed by atoms with E-state index in [1.165, 1.54) is 13.0 Å². The van der Waals surface area contributed by atoms with Crippen molar-refractivity contribution in [3.63, 3.8) is 0 Å². The molecule has 1 aromatic rings. The van der Waals surface area contributed by atoms with E-state index in [2.05, 4.69) is 28.9 Å². The van der Waals surface area contributed by atoms with Gasteiger partial charge in [0.25, 0.3) is 0 Å². The third kappa shape index (κ3) is 3.04. The van der Waals surface area contributed by atoms with Crippen molar-refractivity contribution in [3.8, 4) is 0 Å². The lowest BCUT2D eigenvalue weighted by atomic mass is 10.1. The smallest absolute Gasteiger partial charge is 0.243 e. The van der Waals surface area contributed by atoms with Gasteiger partial charge < -0.3 is 15.2 Å². The first kappa shape index (κ1) is 12.5. The highest BCUT2D eigenvalue weighted by Crippen LogP contribution is 2.21. The molecule has 2 rings (SSSR count). The van der Waals surface area contributed by atoms with Crippen molar-refractivity contribution in [2.75, 3.05) is 13.1 Å². The van der Waals surface area contributed by atoms with Gasteiger partial charge in [0, 0.05) is 19.0 Å². The van der Waals surface area contributed by atoms with Gasteiger partial charge in [-0.25, -0.2) is 0 Å². The third-order valence-electron chi connectivity index (χ3n) is 3.39. The van der Waals surface area contributed by atoms with Gasteiger partial charge in [0.2, 0.25) is 5.89 Å². The van der Waals surface area contributed by atoms with Crippen LogP contribution in [0.15, 0.2) is 4.52 Å². The highest BCUT2D eigenvalue weighted by molar-refractivity contribution is 4.93. The van der Waals surface area contributed by atoms with Crippen LogP contribution in [-0.4, -0.2) is 34.2 Å². The van der Waals surface area contributed by atoms with Crippen molar-refractivity contribution in [3.05, 3.63) is 11.7 Å². The molecule has 0 aromatic carbocycles. The van der Waals surface area contributed by atoms with Gasteiger partial charge in [-0.3, -0.25) is 0 Å². The Morgan fingerprint density at radius 1 is 1.47 bits per heavy atom. The summed E-state index contributed by atoms with van der Waals surface area (Å²) in [5.41, 5.74) is 5.69. The summed E-state index contributed by atoms with van der Waals surface area (Å²) in [7, 11) is 0. The van der Waals surface area contributed by atoms with Gasteiger partial charge in [0.15, 0.2) is 5.82 Å². The van der Waals surface area contributed by atoms with Crippen molar-refractivity contribution >= 4 is 0 Å². The zero-order valence-corrected chi connectivity index (χ0v) is 10.9. The monoisotopic (exact) mass is 238 g/mol. The Labute approximate surface area is 102 Å². The maximum absolute atomic E-state index is 5.69. The minimum Gasteiger partial charge on any atom is -0.338 e. The third-order valence-corrected chi connectivity index (χ3v) is 3.39. The summed E-state index contributed by atoms with van der Waals surface area (Å²) in [6, 6.07) is 0.455. The second-order valence-electron chi connectivity index (χ2n) is 5.29. The topological polar surface area (TPSA) is 68.2 Å². The van der Waals surface area contributed by atoms with Crippen LogP contribution in [0.1, 0.15) is 44.9 Å². The zero-order chi connectivity index (χ0) is 12.4. The van der Waals surface area contributed by atoms with Crippen molar-refractivity contribution < 1.29 is 4.52 Å². The highest BCUT2D eigenvalue weighted by atomic mass is 16.5. The first-order valence-corrected chi connectivity index (χ1v) is 6.38. The van der Waals surface area contributed by atoms with Crippen LogP contribution in [0, 0.1) is 5.92 Å². The molecule has 0 amide bonds.